The number of amides is 3. The van der Waals surface area contributed by atoms with Crippen LogP contribution in [0.25, 0.3) is 10.1 Å². The van der Waals surface area contributed by atoms with Gasteiger partial charge in [-0.1, -0.05) is 24.3 Å². The third-order valence-electron chi connectivity index (χ3n) is 4.86. The molecule has 4 rings (SSSR count). The van der Waals surface area contributed by atoms with Crippen molar-refractivity contribution in [1.82, 2.24) is 14.2 Å². The lowest BCUT2D eigenvalue weighted by Gasteiger charge is -2.34. The maximum atomic E-state index is 13.6. The molecule has 28 heavy (non-hydrogen) atoms. The number of nitrogens with zero attached hydrogens (tertiary/aromatic N) is 3. The summed E-state index contributed by atoms with van der Waals surface area (Å²) in [5, 5.41) is 3.57. The molecule has 1 N–H and O–H groups in total. The van der Waals surface area contributed by atoms with Gasteiger partial charge in [0.1, 0.15) is 11.5 Å². The fourth-order valence-corrected chi connectivity index (χ4v) is 3.94. The van der Waals surface area contributed by atoms with E-state index in [0.29, 0.717) is 43.1 Å². The predicted molar refractivity (Wildman–Crippen MR) is 107 cm³/mol. The lowest BCUT2D eigenvalue weighted by molar-refractivity contribution is 0.0669. The summed E-state index contributed by atoms with van der Waals surface area (Å²) < 4.78 is 18.9. The SMILES string of the molecule is Cc1ccc(NC(=O)N2CCN(C(=O)c3nsc4ccccc34)CC2)cc1F. The van der Waals surface area contributed by atoms with E-state index in [1.807, 2.05) is 24.3 Å². The molecule has 0 radical (unpaired) electrons. The summed E-state index contributed by atoms with van der Waals surface area (Å²) >= 11 is 1.31. The number of carbonyl (C=O) groups excluding carboxylic acids is 2. The Balaban J connectivity index is 1.38. The number of hydrogen-bond donors (Lipinski definition) is 1. The van der Waals surface area contributed by atoms with E-state index in [4.69, 9.17) is 0 Å². The molecular weight excluding hydrogens is 379 g/mol. The summed E-state index contributed by atoms with van der Waals surface area (Å²) in [7, 11) is 0. The van der Waals surface area contributed by atoms with Gasteiger partial charge >= 0.3 is 6.03 Å². The molecule has 6 nitrogen and oxygen atoms in total. The summed E-state index contributed by atoms with van der Waals surface area (Å²) in [5.74, 6) is -0.471. The third-order valence-corrected chi connectivity index (χ3v) is 5.68. The fourth-order valence-electron chi connectivity index (χ4n) is 3.18. The number of aromatic nitrogens is 1. The second-order valence-electron chi connectivity index (χ2n) is 6.70. The van der Waals surface area contributed by atoms with Gasteiger partial charge in [0.15, 0.2) is 0 Å². The normalized spacial score (nSPS) is 14.4. The maximum absolute atomic E-state index is 13.6. The molecule has 0 aliphatic carbocycles. The Bertz CT molecular complexity index is 1040. The summed E-state index contributed by atoms with van der Waals surface area (Å²) in [6.45, 7) is 3.35. The van der Waals surface area contributed by atoms with Crippen LogP contribution >= 0.6 is 11.5 Å². The van der Waals surface area contributed by atoms with Crippen LogP contribution in [0, 0.1) is 12.7 Å². The first-order valence-corrected chi connectivity index (χ1v) is 9.76. The van der Waals surface area contributed by atoms with Crippen molar-refractivity contribution >= 4 is 39.2 Å². The highest BCUT2D eigenvalue weighted by Gasteiger charge is 2.27. The Hall–Kier alpha value is -3.00. The highest BCUT2D eigenvalue weighted by atomic mass is 32.1. The predicted octanol–water partition coefficient (Wildman–Crippen LogP) is 3.73. The summed E-state index contributed by atoms with van der Waals surface area (Å²) in [6.07, 6.45) is 0. The van der Waals surface area contributed by atoms with Crippen molar-refractivity contribution in [2.24, 2.45) is 0 Å². The molecule has 1 aliphatic rings. The number of halogens is 1. The number of piperazine rings is 1. The quantitative estimate of drug-likeness (QED) is 0.715. The van der Waals surface area contributed by atoms with E-state index < -0.39 is 0 Å². The first kappa shape index (κ1) is 18.4. The largest absolute Gasteiger partial charge is 0.334 e. The lowest BCUT2D eigenvalue weighted by atomic mass is 10.2. The number of carbonyl (C=O) groups is 2. The average molecular weight is 398 g/mol. The number of fused-ring (bicyclic) bond motifs is 1. The van der Waals surface area contributed by atoms with Gasteiger partial charge < -0.3 is 15.1 Å². The first-order chi connectivity index (χ1) is 13.5. The second kappa shape index (κ2) is 7.55. The molecular formula is C20H19FN4O2S. The van der Waals surface area contributed by atoms with E-state index >= 15 is 0 Å². The van der Waals surface area contributed by atoms with Crippen molar-refractivity contribution in [3.63, 3.8) is 0 Å². The Morgan fingerprint density at radius 2 is 1.79 bits per heavy atom. The van der Waals surface area contributed by atoms with E-state index in [1.165, 1.54) is 17.6 Å². The number of benzene rings is 2. The van der Waals surface area contributed by atoms with Crippen LogP contribution in [-0.4, -0.2) is 52.3 Å². The van der Waals surface area contributed by atoms with E-state index in [9.17, 15) is 14.0 Å². The van der Waals surface area contributed by atoms with E-state index in [-0.39, 0.29) is 17.8 Å². The van der Waals surface area contributed by atoms with Crippen molar-refractivity contribution in [2.75, 3.05) is 31.5 Å². The molecule has 3 amide bonds. The van der Waals surface area contributed by atoms with Crippen molar-refractivity contribution in [3.8, 4) is 0 Å². The van der Waals surface area contributed by atoms with Crippen LogP contribution in [-0.2, 0) is 0 Å². The zero-order valence-corrected chi connectivity index (χ0v) is 16.1. The molecule has 1 aliphatic heterocycles. The number of urea groups is 1. The molecule has 0 unspecified atom stereocenters. The van der Waals surface area contributed by atoms with Crippen molar-refractivity contribution < 1.29 is 14.0 Å². The van der Waals surface area contributed by atoms with Gasteiger partial charge in [0.25, 0.3) is 5.91 Å². The monoisotopic (exact) mass is 398 g/mol. The van der Waals surface area contributed by atoms with E-state index in [2.05, 4.69) is 9.69 Å². The number of anilines is 1. The Labute approximate surface area is 165 Å². The molecule has 1 fully saturated rings. The van der Waals surface area contributed by atoms with Gasteiger partial charge in [-0.25, -0.2) is 9.18 Å². The summed E-state index contributed by atoms with van der Waals surface area (Å²) in [6, 6.07) is 12.0. The van der Waals surface area contributed by atoms with E-state index in [0.717, 1.165) is 10.1 Å². The maximum Gasteiger partial charge on any atom is 0.321 e. The smallest absolute Gasteiger partial charge is 0.321 e. The van der Waals surface area contributed by atoms with Gasteiger partial charge in [-0.15, -0.1) is 0 Å². The highest BCUT2D eigenvalue weighted by Crippen LogP contribution is 2.24. The zero-order valence-electron chi connectivity index (χ0n) is 15.3. The standard InChI is InChI=1S/C20H19FN4O2S/c1-13-6-7-14(12-16(13)21)22-20(27)25-10-8-24(9-11-25)19(26)18-15-4-2-3-5-17(15)28-23-18/h2-7,12H,8-11H2,1H3,(H,22,27). The van der Waals surface area contributed by atoms with Crippen molar-refractivity contribution in [2.45, 2.75) is 6.92 Å². The molecule has 1 aromatic heterocycles. The van der Waals surface area contributed by atoms with Crippen LogP contribution in [0.2, 0.25) is 0 Å². The number of nitrogens with one attached hydrogen (secondary N) is 1. The number of rotatable bonds is 2. The van der Waals surface area contributed by atoms with Crippen LogP contribution in [0.1, 0.15) is 16.1 Å². The Morgan fingerprint density at radius 3 is 2.54 bits per heavy atom. The average Bonchev–Trinajstić information content (AvgIpc) is 3.14. The first-order valence-electron chi connectivity index (χ1n) is 8.99. The third kappa shape index (κ3) is 3.55. The summed E-state index contributed by atoms with van der Waals surface area (Å²) in [5.41, 5.74) is 1.41. The minimum absolute atomic E-state index is 0.113. The molecule has 2 aromatic carbocycles. The number of hydrogen-bond acceptors (Lipinski definition) is 4. The van der Waals surface area contributed by atoms with Crippen LogP contribution in [0.15, 0.2) is 42.5 Å². The van der Waals surface area contributed by atoms with Gasteiger partial charge in [-0.05, 0) is 42.2 Å². The molecule has 3 aromatic rings. The molecule has 144 valence electrons. The summed E-state index contributed by atoms with van der Waals surface area (Å²) in [4.78, 5) is 28.6. The molecule has 0 atom stereocenters. The lowest BCUT2D eigenvalue weighted by Crippen LogP contribution is -2.51. The van der Waals surface area contributed by atoms with Gasteiger partial charge in [0, 0.05) is 37.3 Å². The van der Waals surface area contributed by atoms with Crippen LogP contribution in [0.4, 0.5) is 14.9 Å². The molecule has 0 bridgehead atoms. The molecule has 0 spiro atoms. The Morgan fingerprint density at radius 1 is 1.07 bits per heavy atom. The van der Waals surface area contributed by atoms with Gasteiger partial charge in [0.2, 0.25) is 0 Å². The van der Waals surface area contributed by atoms with Crippen molar-refractivity contribution in [1.29, 1.82) is 0 Å². The molecule has 8 heteroatoms. The van der Waals surface area contributed by atoms with Crippen LogP contribution in [0.3, 0.4) is 0 Å². The highest BCUT2D eigenvalue weighted by molar-refractivity contribution is 7.13. The van der Waals surface area contributed by atoms with Gasteiger partial charge in [-0.3, -0.25) is 4.79 Å². The number of aryl methyl sites for hydroxylation is 1. The van der Waals surface area contributed by atoms with Crippen LogP contribution in [0.5, 0.6) is 0 Å². The Kier molecular flexibility index (Phi) is 4.95. The van der Waals surface area contributed by atoms with Gasteiger partial charge in [-0.2, -0.15) is 4.37 Å². The zero-order chi connectivity index (χ0) is 19.7. The van der Waals surface area contributed by atoms with Gasteiger partial charge in [0.05, 0.1) is 4.70 Å². The molecule has 0 saturated carbocycles. The molecule has 1 saturated heterocycles. The topological polar surface area (TPSA) is 65.5 Å². The van der Waals surface area contributed by atoms with Crippen LogP contribution < -0.4 is 5.32 Å². The fraction of sp³-hybridized carbons (Fsp3) is 0.250. The second-order valence-corrected chi connectivity index (χ2v) is 7.51. The molecule has 2 heterocycles. The van der Waals surface area contributed by atoms with Crippen molar-refractivity contribution in [3.05, 3.63) is 59.5 Å². The minimum Gasteiger partial charge on any atom is -0.334 e. The van der Waals surface area contributed by atoms with E-state index in [1.54, 1.807) is 28.9 Å². The minimum atomic E-state index is -0.358.